The van der Waals surface area contributed by atoms with Gasteiger partial charge in [-0.15, -0.1) is 0 Å². The quantitative estimate of drug-likeness (QED) is 0.679. The largest absolute Gasteiger partial charge is 0.355 e. The van der Waals surface area contributed by atoms with Crippen LogP contribution in [0.25, 0.3) is 0 Å². The number of allylic oxidation sites excluding steroid dienone is 2. The summed E-state index contributed by atoms with van der Waals surface area (Å²) in [6.45, 7) is 8.14. The Bertz CT molecular complexity index is 745. The van der Waals surface area contributed by atoms with E-state index < -0.39 is 10.0 Å². The van der Waals surface area contributed by atoms with Crippen LogP contribution in [0.4, 0.5) is 5.69 Å². The number of hydrogen-bond donors (Lipinski definition) is 2. The highest BCUT2D eigenvalue weighted by Crippen LogP contribution is 2.30. The summed E-state index contributed by atoms with van der Waals surface area (Å²) in [5, 5.41) is 8.58. The van der Waals surface area contributed by atoms with Gasteiger partial charge in [0, 0.05) is 11.4 Å². The van der Waals surface area contributed by atoms with Crippen molar-refractivity contribution in [2.24, 2.45) is 11.1 Å². The first-order valence-corrected chi connectivity index (χ1v) is 10.6. The molecule has 1 fully saturated rings. The zero-order valence-corrected chi connectivity index (χ0v) is 16.2. The van der Waals surface area contributed by atoms with E-state index in [1.54, 1.807) is 12.1 Å². The van der Waals surface area contributed by atoms with Crippen molar-refractivity contribution in [1.82, 2.24) is 0 Å². The number of primary sulfonamides is 1. The Morgan fingerprint density at radius 3 is 2.60 bits per heavy atom. The summed E-state index contributed by atoms with van der Waals surface area (Å²) < 4.78 is 23.2. The number of aryl methyl sites for hydroxylation is 1. The predicted octanol–water partition coefficient (Wildman–Crippen LogP) is 4.87. The van der Waals surface area contributed by atoms with Crippen LogP contribution in [-0.2, 0) is 10.0 Å². The first kappa shape index (κ1) is 19.7. The van der Waals surface area contributed by atoms with E-state index in [0.717, 1.165) is 34.9 Å². The molecule has 1 aliphatic carbocycles. The molecule has 0 aromatic heterocycles. The molecular weight excluding hydrogens is 332 g/mol. The van der Waals surface area contributed by atoms with Gasteiger partial charge in [0.15, 0.2) is 0 Å². The zero-order chi connectivity index (χ0) is 18.4. The fourth-order valence-electron chi connectivity index (χ4n) is 3.41. The highest BCUT2D eigenvalue weighted by atomic mass is 32.2. The number of benzene rings is 1. The molecule has 0 spiro atoms. The molecule has 0 bridgehead atoms. The number of sulfonamides is 1. The Morgan fingerprint density at radius 2 is 2.00 bits per heavy atom. The first-order chi connectivity index (χ1) is 11.8. The van der Waals surface area contributed by atoms with Crippen molar-refractivity contribution in [1.29, 1.82) is 0 Å². The minimum absolute atomic E-state index is 0.115. The number of rotatable bonds is 7. The Labute approximate surface area is 152 Å². The third-order valence-corrected chi connectivity index (χ3v) is 5.97. The lowest BCUT2D eigenvalue weighted by Crippen LogP contribution is -2.13. The van der Waals surface area contributed by atoms with Crippen molar-refractivity contribution >= 4 is 15.7 Å². The summed E-state index contributed by atoms with van der Waals surface area (Å²) in [7, 11) is -3.71. The molecule has 1 aromatic carbocycles. The van der Waals surface area contributed by atoms with Gasteiger partial charge in [-0.05, 0) is 55.9 Å². The Hall–Kier alpha value is -1.59. The Morgan fingerprint density at radius 1 is 1.32 bits per heavy atom. The fourth-order valence-corrected chi connectivity index (χ4v) is 3.95. The van der Waals surface area contributed by atoms with Crippen LogP contribution in [0.5, 0.6) is 0 Å². The minimum atomic E-state index is -3.71. The van der Waals surface area contributed by atoms with Gasteiger partial charge in [0.2, 0.25) is 10.0 Å². The van der Waals surface area contributed by atoms with Gasteiger partial charge >= 0.3 is 0 Å². The van der Waals surface area contributed by atoms with Crippen LogP contribution < -0.4 is 10.5 Å². The molecule has 2 rings (SSSR count). The molecule has 0 radical (unpaired) electrons. The molecule has 0 unspecified atom stereocenters. The molecule has 0 heterocycles. The van der Waals surface area contributed by atoms with Crippen LogP contribution in [0.2, 0.25) is 0 Å². The van der Waals surface area contributed by atoms with Crippen LogP contribution in [0.3, 0.4) is 0 Å². The Kier molecular flexibility index (Phi) is 6.85. The van der Waals surface area contributed by atoms with Crippen LogP contribution in [-0.4, -0.2) is 8.42 Å². The monoisotopic (exact) mass is 362 g/mol. The second-order valence-corrected chi connectivity index (χ2v) is 8.56. The molecule has 0 atom stereocenters. The summed E-state index contributed by atoms with van der Waals surface area (Å²) in [6, 6.07) is 4.88. The standard InChI is InChI=1S/C20H30N2O2S/c1-4-19(15(2)10-12-17-8-6-5-7-9-17)22-20-14-18(25(21,23)24)13-11-16(20)3/h4,11,13-14,17,22H,2,5-10,12H2,1,3H3,(H2,21,23,24)/b19-4+. The van der Waals surface area contributed by atoms with Crippen LogP contribution in [0.1, 0.15) is 57.4 Å². The summed E-state index contributed by atoms with van der Waals surface area (Å²) in [5.41, 5.74) is 3.73. The average Bonchev–Trinajstić information content (AvgIpc) is 2.58. The van der Waals surface area contributed by atoms with Crippen molar-refractivity contribution in [3.05, 3.63) is 47.7 Å². The van der Waals surface area contributed by atoms with Crippen molar-refractivity contribution < 1.29 is 8.42 Å². The lowest BCUT2D eigenvalue weighted by Gasteiger charge is -2.22. The topological polar surface area (TPSA) is 72.2 Å². The normalized spacial score (nSPS) is 16.7. The molecular formula is C20H30N2O2S. The summed E-state index contributed by atoms with van der Waals surface area (Å²) in [5.74, 6) is 0.816. The zero-order valence-electron chi connectivity index (χ0n) is 15.3. The van der Waals surface area contributed by atoms with E-state index in [2.05, 4.69) is 11.9 Å². The predicted molar refractivity (Wildman–Crippen MR) is 105 cm³/mol. The summed E-state index contributed by atoms with van der Waals surface area (Å²) in [6.07, 6.45) is 10.9. The van der Waals surface area contributed by atoms with Crippen LogP contribution >= 0.6 is 0 Å². The molecule has 1 aromatic rings. The lowest BCUT2D eigenvalue weighted by molar-refractivity contribution is 0.339. The first-order valence-electron chi connectivity index (χ1n) is 9.06. The van der Waals surface area contributed by atoms with E-state index in [4.69, 9.17) is 5.14 Å². The second-order valence-electron chi connectivity index (χ2n) is 7.00. The second kappa shape index (κ2) is 8.68. The van der Waals surface area contributed by atoms with Crippen LogP contribution in [0.15, 0.2) is 47.0 Å². The molecule has 0 saturated heterocycles. The van der Waals surface area contributed by atoms with Crippen molar-refractivity contribution in [3.63, 3.8) is 0 Å². The molecule has 138 valence electrons. The maximum Gasteiger partial charge on any atom is 0.238 e. The molecule has 4 nitrogen and oxygen atoms in total. The van der Waals surface area contributed by atoms with Gasteiger partial charge in [-0.3, -0.25) is 0 Å². The van der Waals surface area contributed by atoms with E-state index in [1.807, 2.05) is 19.9 Å². The molecule has 3 N–H and O–H groups in total. The average molecular weight is 363 g/mol. The molecule has 0 amide bonds. The van der Waals surface area contributed by atoms with Crippen molar-refractivity contribution in [3.8, 4) is 0 Å². The van der Waals surface area contributed by atoms with Gasteiger partial charge in [-0.2, -0.15) is 0 Å². The number of anilines is 1. The van der Waals surface area contributed by atoms with Crippen molar-refractivity contribution in [2.45, 2.75) is 63.7 Å². The van der Waals surface area contributed by atoms with Crippen molar-refractivity contribution in [2.75, 3.05) is 5.32 Å². The Balaban J connectivity index is 2.05. The number of nitrogens with two attached hydrogens (primary N) is 1. The molecule has 25 heavy (non-hydrogen) atoms. The maximum absolute atomic E-state index is 11.6. The van der Waals surface area contributed by atoms with E-state index in [1.165, 1.54) is 44.6 Å². The third-order valence-electron chi connectivity index (χ3n) is 5.06. The van der Waals surface area contributed by atoms with E-state index in [9.17, 15) is 8.42 Å². The van der Waals surface area contributed by atoms with Gasteiger partial charge < -0.3 is 5.32 Å². The van der Waals surface area contributed by atoms with Gasteiger partial charge in [0.25, 0.3) is 0 Å². The lowest BCUT2D eigenvalue weighted by atomic mass is 9.85. The molecule has 5 heteroatoms. The van der Waals surface area contributed by atoms with Gasteiger partial charge in [0.05, 0.1) is 4.90 Å². The molecule has 1 aliphatic rings. The van der Waals surface area contributed by atoms with Gasteiger partial charge in [-0.25, -0.2) is 13.6 Å². The van der Waals surface area contributed by atoms with Crippen LogP contribution in [0, 0.1) is 12.8 Å². The van der Waals surface area contributed by atoms with Gasteiger partial charge in [0.1, 0.15) is 0 Å². The number of hydrogen-bond acceptors (Lipinski definition) is 3. The molecule has 0 aliphatic heterocycles. The molecule has 1 saturated carbocycles. The third kappa shape index (κ3) is 5.72. The van der Waals surface area contributed by atoms with E-state index in [0.29, 0.717) is 0 Å². The smallest absolute Gasteiger partial charge is 0.238 e. The minimum Gasteiger partial charge on any atom is -0.355 e. The van der Waals surface area contributed by atoms with E-state index in [-0.39, 0.29) is 4.90 Å². The highest BCUT2D eigenvalue weighted by Gasteiger charge is 2.15. The fraction of sp³-hybridized carbons (Fsp3) is 0.500. The summed E-state index contributed by atoms with van der Waals surface area (Å²) >= 11 is 0. The highest BCUT2D eigenvalue weighted by molar-refractivity contribution is 7.89. The van der Waals surface area contributed by atoms with Gasteiger partial charge in [-0.1, -0.05) is 50.8 Å². The SMILES string of the molecule is C=C(CCC1CCCCC1)/C(=C\C)Nc1cc(S(N)(=O)=O)ccc1C. The van der Waals surface area contributed by atoms with E-state index >= 15 is 0 Å². The number of nitrogens with one attached hydrogen (secondary N) is 1. The summed E-state index contributed by atoms with van der Waals surface area (Å²) in [4.78, 5) is 0.115. The maximum atomic E-state index is 11.6.